The van der Waals surface area contributed by atoms with Crippen molar-refractivity contribution < 1.29 is 5.11 Å². The van der Waals surface area contributed by atoms with Gasteiger partial charge in [0.15, 0.2) is 0 Å². The Morgan fingerprint density at radius 1 is 1.53 bits per heavy atom. The molecule has 0 saturated carbocycles. The van der Waals surface area contributed by atoms with Gasteiger partial charge in [0.1, 0.15) is 5.52 Å². The lowest BCUT2D eigenvalue weighted by Crippen LogP contribution is -2.22. The van der Waals surface area contributed by atoms with Crippen LogP contribution in [0.2, 0.25) is 0 Å². The number of nitrogen functional groups attached to an aromatic ring is 1. The molecule has 2 aromatic rings. The van der Waals surface area contributed by atoms with E-state index in [-0.39, 0.29) is 6.61 Å². The first-order valence-corrected chi connectivity index (χ1v) is 5.55. The first-order valence-electron chi connectivity index (χ1n) is 4.67. The molecule has 80 valence electrons. The van der Waals surface area contributed by atoms with E-state index in [2.05, 4.69) is 4.98 Å². The molecule has 5 heteroatoms. The number of hydrogen-bond donors (Lipinski definition) is 2. The molecular weight excluding hydrogens is 210 g/mol. The Kier molecular flexibility index (Phi) is 2.75. The number of aliphatic hydroxyl groups excluding tert-OH is 1. The van der Waals surface area contributed by atoms with Gasteiger partial charge in [-0.2, -0.15) is 0 Å². The van der Waals surface area contributed by atoms with Crippen molar-refractivity contribution in [1.29, 1.82) is 0 Å². The average molecular weight is 223 g/mol. The number of rotatable bonds is 3. The van der Waals surface area contributed by atoms with Crippen LogP contribution in [0.3, 0.4) is 0 Å². The van der Waals surface area contributed by atoms with Crippen LogP contribution in [0.4, 0.5) is 11.4 Å². The number of nitrogens with two attached hydrogens (primary N) is 1. The van der Waals surface area contributed by atoms with Crippen LogP contribution in [-0.4, -0.2) is 30.3 Å². The average Bonchev–Trinajstić information content (AvgIpc) is 2.67. The quantitative estimate of drug-likeness (QED) is 0.770. The summed E-state index contributed by atoms with van der Waals surface area (Å²) in [7, 11) is 1.90. The van der Waals surface area contributed by atoms with Crippen molar-refractivity contribution in [2.24, 2.45) is 0 Å². The van der Waals surface area contributed by atoms with Crippen LogP contribution in [0, 0.1) is 0 Å². The third-order valence-electron chi connectivity index (χ3n) is 2.37. The molecule has 0 aliphatic rings. The summed E-state index contributed by atoms with van der Waals surface area (Å²) in [4.78, 5) is 6.15. The molecule has 0 radical (unpaired) electrons. The van der Waals surface area contributed by atoms with Crippen molar-refractivity contribution in [3.63, 3.8) is 0 Å². The summed E-state index contributed by atoms with van der Waals surface area (Å²) in [5.74, 6) is 0. The second kappa shape index (κ2) is 4.04. The lowest BCUT2D eigenvalue weighted by atomic mass is 10.2. The van der Waals surface area contributed by atoms with Crippen LogP contribution in [0.25, 0.3) is 10.2 Å². The van der Waals surface area contributed by atoms with E-state index in [1.807, 2.05) is 24.1 Å². The summed E-state index contributed by atoms with van der Waals surface area (Å²) < 4.78 is 1.09. The number of aromatic nitrogens is 1. The summed E-state index contributed by atoms with van der Waals surface area (Å²) >= 11 is 1.58. The zero-order valence-corrected chi connectivity index (χ0v) is 9.29. The van der Waals surface area contributed by atoms with E-state index in [4.69, 9.17) is 10.8 Å². The maximum absolute atomic E-state index is 8.87. The first kappa shape index (κ1) is 10.2. The van der Waals surface area contributed by atoms with Crippen molar-refractivity contribution in [3.8, 4) is 0 Å². The topological polar surface area (TPSA) is 62.4 Å². The molecule has 3 N–H and O–H groups in total. The summed E-state index contributed by atoms with van der Waals surface area (Å²) in [5, 5.41) is 8.87. The molecule has 0 amide bonds. The molecule has 1 aromatic heterocycles. The van der Waals surface area contributed by atoms with E-state index in [1.54, 1.807) is 16.8 Å². The van der Waals surface area contributed by atoms with Crippen molar-refractivity contribution in [2.75, 3.05) is 30.8 Å². The van der Waals surface area contributed by atoms with E-state index in [1.165, 1.54) is 0 Å². The van der Waals surface area contributed by atoms with Crippen molar-refractivity contribution >= 4 is 32.9 Å². The Morgan fingerprint density at radius 2 is 2.33 bits per heavy atom. The smallest absolute Gasteiger partial charge is 0.106 e. The van der Waals surface area contributed by atoms with Gasteiger partial charge in [-0.15, -0.1) is 11.3 Å². The van der Waals surface area contributed by atoms with E-state index >= 15 is 0 Å². The number of fused-ring (bicyclic) bond motifs is 1. The molecule has 1 aromatic carbocycles. The number of thiazole rings is 1. The first-order chi connectivity index (χ1) is 7.24. The van der Waals surface area contributed by atoms with Crippen LogP contribution in [0.15, 0.2) is 17.6 Å². The molecule has 2 rings (SSSR count). The number of aliphatic hydroxyl groups is 1. The number of likely N-dealkylation sites (N-methyl/N-ethyl adjacent to an activating group) is 1. The molecule has 0 aliphatic carbocycles. The van der Waals surface area contributed by atoms with E-state index in [0.29, 0.717) is 12.2 Å². The van der Waals surface area contributed by atoms with E-state index in [0.717, 1.165) is 15.9 Å². The lowest BCUT2D eigenvalue weighted by Gasteiger charge is -2.19. The van der Waals surface area contributed by atoms with Crippen LogP contribution in [0.1, 0.15) is 0 Å². The fourth-order valence-corrected chi connectivity index (χ4v) is 2.24. The van der Waals surface area contributed by atoms with Crippen molar-refractivity contribution in [1.82, 2.24) is 4.98 Å². The Hall–Kier alpha value is -1.33. The Bertz CT molecular complexity index is 469. The van der Waals surface area contributed by atoms with Crippen LogP contribution in [0.5, 0.6) is 0 Å². The maximum atomic E-state index is 8.87. The number of hydrogen-bond acceptors (Lipinski definition) is 5. The molecule has 0 bridgehead atoms. The molecule has 0 unspecified atom stereocenters. The molecule has 1 heterocycles. The fourth-order valence-electron chi connectivity index (χ4n) is 1.54. The minimum Gasteiger partial charge on any atom is -0.395 e. The zero-order chi connectivity index (χ0) is 10.8. The van der Waals surface area contributed by atoms with Gasteiger partial charge in [-0.05, 0) is 12.1 Å². The van der Waals surface area contributed by atoms with E-state index < -0.39 is 0 Å². The largest absolute Gasteiger partial charge is 0.395 e. The third kappa shape index (κ3) is 1.75. The lowest BCUT2D eigenvalue weighted by molar-refractivity contribution is 0.304. The van der Waals surface area contributed by atoms with Gasteiger partial charge in [0.2, 0.25) is 0 Å². The molecule has 0 aliphatic heterocycles. The summed E-state index contributed by atoms with van der Waals surface area (Å²) in [6, 6.07) is 3.97. The predicted molar refractivity (Wildman–Crippen MR) is 64.4 cm³/mol. The van der Waals surface area contributed by atoms with Crippen molar-refractivity contribution in [2.45, 2.75) is 0 Å². The van der Waals surface area contributed by atoms with Gasteiger partial charge in [-0.25, -0.2) is 4.98 Å². The summed E-state index contributed by atoms with van der Waals surface area (Å²) in [6.07, 6.45) is 0. The number of anilines is 2. The fraction of sp³-hybridized carbons (Fsp3) is 0.300. The van der Waals surface area contributed by atoms with Gasteiger partial charge >= 0.3 is 0 Å². The molecule has 15 heavy (non-hydrogen) atoms. The Labute approximate surface area is 92.0 Å². The highest BCUT2D eigenvalue weighted by Crippen LogP contribution is 2.31. The highest BCUT2D eigenvalue weighted by molar-refractivity contribution is 7.16. The molecule has 0 saturated heterocycles. The third-order valence-corrected chi connectivity index (χ3v) is 3.16. The normalized spacial score (nSPS) is 10.8. The van der Waals surface area contributed by atoms with Gasteiger partial charge in [0, 0.05) is 13.6 Å². The van der Waals surface area contributed by atoms with Gasteiger partial charge in [-0.3, -0.25) is 0 Å². The van der Waals surface area contributed by atoms with Crippen molar-refractivity contribution in [3.05, 3.63) is 17.6 Å². The minimum atomic E-state index is 0.116. The molecule has 0 atom stereocenters. The van der Waals surface area contributed by atoms with Gasteiger partial charge in [-0.1, -0.05) is 0 Å². The molecule has 0 spiro atoms. The molecule has 4 nitrogen and oxygen atoms in total. The summed E-state index contributed by atoms with van der Waals surface area (Å²) in [5.41, 5.74) is 10.3. The highest BCUT2D eigenvalue weighted by atomic mass is 32.1. The monoisotopic (exact) mass is 223 g/mol. The van der Waals surface area contributed by atoms with E-state index in [9.17, 15) is 0 Å². The van der Waals surface area contributed by atoms with Crippen LogP contribution < -0.4 is 10.6 Å². The zero-order valence-electron chi connectivity index (χ0n) is 8.47. The van der Waals surface area contributed by atoms with Gasteiger partial charge in [0.05, 0.1) is 28.2 Å². The van der Waals surface area contributed by atoms with Crippen LogP contribution >= 0.6 is 11.3 Å². The van der Waals surface area contributed by atoms with Gasteiger partial charge < -0.3 is 15.7 Å². The number of benzene rings is 1. The van der Waals surface area contributed by atoms with Crippen LogP contribution in [-0.2, 0) is 0 Å². The standard InChI is InChI=1S/C10H13N3OS/c1-13(4-5-14)7-2-3-8-10(9(7)11)12-6-15-8/h2-3,6,14H,4-5,11H2,1H3. The molecular formula is C10H13N3OS. The Morgan fingerprint density at radius 3 is 3.07 bits per heavy atom. The highest BCUT2D eigenvalue weighted by Gasteiger charge is 2.09. The predicted octanol–water partition coefficient (Wildman–Crippen LogP) is 1.31. The Balaban J connectivity index is 2.47. The SMILES string of the molecule is CN(CCO)c1ccc2scnc2c1N. The second-order valence-electron chi connectivity index (χ2n) is 3.34. The molecule has 0 fully saturated rings. The number of nitrogens with zero attached hydrogens (tertiary/aromatic N) is 2. The minimum absolute atomic E-state index is 0.116. The summed E-state index contributed by atoms with van der Waals surface area (Å²) in [6.45, 7) is 0.685. The second-order valence-corrected chi connectivity index (χ2v) is 4.23. The van der Waals surface area contributed by atoms with Gasteiger partial charge in [0.25, 0.3) is 0 Å². The maximum Gasteiger partial charge on any atom is 0.106 e.